The van der Waals surface area contributed by atoms with Crippen molar-refractivity contribution in [2.75, 3.05) is 31.8 Å². The van der Waals surface area contributed by atoms with Gasteiger partial charge in [-0.2, -0.15) is 13.2 Å². The summed E-state index contributed by atoms with van der Waals surface area (Å²) in [6, 6.07) is -1.00. The number of β-lactam (4-membered cyclic amide) rings is 1. The van der Waals surface area contributed by atoms with Gasteiger partial charge < -0.3 is 24.9 Å². The van der Waals surface area contributed by atoms with E-state index in [9.17, 15) is 37.5 Å². The van der Waals surface area contributed by atoms with Crippen LogP contribution in [0.5, 0.6) is 0 Å². The second-order valence-corrected chi connectivity index (χ2v) is 8.70. The number of halogens is 3. The predicted octanol–water partition coefficient (Wildman–Crippen LogP) is -0.136. The Morgan fingerprint density at radius 3 is 2.64 bits per heavy atom. The minimum absolute atomic E-state index is 0.0347. The van der Waals surface area contributed by atoms with Gasteiger partial charge in [-0.1, -0.05) is 5.16 Å². The van der Waals surface area contributed by atoms with Gasteiger partial charge in [0.2, 0.25) is 5.91 Å². The van der Waals surface area contributed by atoms with Crippen LogP contribution in [-0.2, 0) is 28.8 Å². The van der Waals surface area contributed by atoms with Crippen molar-refractivity contribution >= 4 is 57.6 Å². The number of oxime groups is 1. The number of hydrogen-bond donors (Lipinski definition) is 3. The molecular formula is C16H16F3N5O7S2. The summed E-state index contributed by atoms with van der Waals surface area (Å²) in [4.78, 5) is 57.4. The predicted molar refractivity (Wildman–Crippen MR) is 108 cm³/mol. The molecule has 2 saturated heterocycles. The van der Waals surface area contributed by atoms with Crippen molar-refractivity contribution in [2.45, 2.75) is 23.2 Å². The molecule has 17 heteroatoms. The van der Waals surface area contributed by atoms with E-state index >= 15 is 0 Å². The monoisotopic (exact) mass is 511 g/mol. The number of aromatic nitrogens is 1. The molecule has 3 heterocycles. The van der Waals surface area contributed by atoms with Gasteiger partial charge >= 0.3 is 18.1 Å². The Hall–Kier alpha value is -2.92. The van der Waals surface area contributed by atoms with Gasteiger partial charge in [0.05, 0.1) is 6.54 Å². The smallest absolute Gasteiger partial charge is 0.471 e. The first-order valence-corrected chi connectivity index (χ1v) is 10.8. The fourth-order valence-electron chi connectivity index (χ4n) is 3.01. The Morgan fingerprint density at radius 1 is 1.36 bits per heavy atom. The number of carbonyl (C=O) groups excluding carboxylic acids is 3. The normalized spacial score (nSPS) is 25.1. The number of fused-ring (bicyclic) bond motifs is 1. The lowest BCUT2D eigenvalue weighted by atomic mass is 9.99. The first-order valence-electron chi connectivity index (χ1n) is 8.90. The number of ether oxygens (including phenoxy) is 1. The third-order valence-corrected chi connectivity index (χ3v) is 7.00. The number of amides is 3. The van der Waals surface area contributed by atoms with Gasteiger partial charge in [0.1, 0.15) is 24.2 Å². The van der Waals surface area contributed by atoms with Crippen LogP contribution in [0.25, 0.3) is 0 Å². The maximum absolute atomic E-state index is 12.7. The van der Waals surface area contributed by atoms with Gasteiger partial charge in [0.25, 0.3) is 5.91 Å². The highest BCUT2D eigenvalue weighted by atomic mass is 32.2. The third-order valence-electron chi connectivity index (χ3n) is 4.74. The molecule has 2 fully saturated rings. The van der Waals surface area contributed by atoms with Gasteiger partial charge in [-0.05, 0) is 0 Å². The molecule has 3 atom stereocenters. The first-order chi connectivity index (χ1) is 15.4. The summed E-state index contributed by atoms with van der Waals surface area (Å²) in [7, 11) is 2.35. The van der Waals surface area contributed by atoms with Crippen molar-refractivity contribution < 1.29 is 47.0 Å². The minimum atomic E-state index is -5.12. The van der Waals surface area contributed by atoms with Crippen molar-refractivity contribution in [3.05, 3.63) is 11.1 Å². The number of carboxylic acids is 1. The Labute approximate surface area is 191 Å². The van der Waals surface area contributed by atoms with Gasteiger partial charge in [-0.25, -0.2) is 9.78 Å². The first kappa shape index (κ1) is 24.7. The van der Waals surface area contributed by atoms with Gasteiger partial charge in [0, 0.05) is 18.2 Å². The average molecular weight is 511 g/mol. The van der Waals surface area contributed by atoms with E-state index in [0.29, 0.717) is 11.3 Å². The molecule has 3 rings (SSSR count). The van der Waals surface area contributed by atoms with Crippen LogP contribution in [0.2, 0.25) is 0 Å². The zero-order valence-corrected chi connectivity index (χ0v) is 18.5. The van der Waals surface area contributed by atoms with Crippen LogP contribution in [0, 0.1) is 0 Å². The SMILES string of the molecule is CON=C(C(=O)NC1C(=O)N2CC(OC)(C(=O)O)CS[C@H]12)c1csc(NC(=O)C(F)(F)F)n1. The van der Waals surface area contributed by atoms with Crippen molar-refractivity contribution in [3.63, 3.8) is 0 Å². The van der Waals surface area contributed by atoms with E-state index in [1.54, 1.807) is 5.32 Å². The van der Waals surface area contributed by atoms with Crippen LogP contribution in [0.15, 0.2) is 10.5 Å². The highest BCUT2D eigenvalue weighted by molar-refractivity contribution is 8.00. The van der Waals surface area contributed by atoms with E-state index in [0.717, 1.165) is 18.9 Å². The van der Waals surface area contributed by atoms with Crippen LogP contribution in [-0.4, -0.2) is 94.1 Å². The molecular weight excluding hydrogens is 495 g/mol. The van der Waals surface area contributed by atoms with E-state index in [1.807, 2.05) is 0 Å². The van der Waals surface area contributed by atoms with Gasteiger partial charge in [0.15, 0.2) is 16.4 Å². The summed E-state index contributed by atoms with van der Waals surface area (Å²) >= 11 is 1.73. The number of nitrogens with one attached hydrogen (secondary N) is 2. The van der Waals surface area contributed by atoms with E-state index < -0.39 is 57.7 Å². The Bertz CT molecular complexity index is 1020. The van der Waals surface area contributed by atoms with E-state index in [1.165, 1.54) is 17.4 Å². The lowest BCUT2D eigenvalue weighted by molar-refractivity contribution is -0.170. The number of anilines is 1. The molecule has 0 radical (unpaired) electrons. The Kier molecular flexibility index (Phi) is 6.85. The topological polar surface area (TPSA) is 160 Å². The molecule has 1 aromatic heterocycles. The molecule has 2 aliphatic rings. The Balaban J connectivity index is 1.69. The zero-order valence-electron chi connectivity index (χ0n) is 16.8. The molecule has 2 aliphatic heterocycles. The molecule has 12 nitrogen and oxygen atoms in total. The standard InChI is InChI=1S/C16H16F3N5O7S2/c1-30-15(13(28)29)4-24-10(26)8(11(24)33-5-15)21-9(25)7(23-31-2)6-3-32-14(20-6)22-12(27)16(17,18)19/h3,8,11H,4-5H2,1-2H3,(H,21,25)(H,28,29)(H,20,22,27)/t8?,11-,15?/m1/s1. The molecule has 0 bridgehead atoms. The summed E-state index contributed by atoms with van der Waals surface area (Å²) < 4.78 is 42.3. The Morgan fingerprint density at radius 2 is 2.06 bits per heavy atom. The molecule has 33 heavy (non-hydrogen) atoms. The molecule has 0 saturated carbocycles. The number of aliphatic carboxylic acids is 1. The molecule has 0 aromatic carbocycles. The number of alkyl halides is 3. The van der Waals surface area contributed by atoms with E-state index in [-0.39, 0.29) is 18.0 Å². The highest BCUT2D eigenvalue weighted by Gasteiger charge is 2.58. The maximum Gasteiger partial charge on any atom is 0.471 e. The lowest BCUT2D eigenvalue weighted by Gasteiger charge is -2.53. The second-order valence-electron chi connectivity index (χ2n) is 6.73. The summed E-state index contributed by atoms with van der Waals surface area (Å²) in [6.45, 7) is -0.199. The van der Waals surface area contributed by atoms with Crippen LogP contribution in [0.1, 0.15) is 5.69 Å². The van der Waals surface area contributed by atoms with Crippen LogP contribution in [0.3, 0.4) is 0 Å². The molecule has 180 valence electrons. The van der Waals surface area contributed by atoms with E-state index in [4.69, 9.17) is 4.74 Å². The largest absolute Gasteiger partial charge is 0.479 e. The number of nitrogens with zero attached hydrogens (tertiary/aromatic N) is 3. The highest BCUT2D eigenvalue weighted by Crippen LogP contribution is 2.39. The number of methoxy groups -OCH3 is 1. The number of carbonyl (C=O) groups is 4. The quantitative estimate of drug-likeness (QED) is 0.257. The zero-order chi connectivity index (χ0) is 24.6. The number of thiazole rings is 1. The summed E-state index contributed by atoms with van der Waals surface area (Å²) in [5.74, 6) is -4.87. The lowest BCUT2D eigenvalue weighted by Crippen LogP contribution is -2.75. The molecule has 1 aromatic rings. The molecule has 3 amide bonds. The summed E-state index contributed by atoms with van der Waals surface area (Å²) in [6.07, 6.45) is -5.12. The molecule has 0 aliphatic carbocycles. The second kappa shape index (κ2) is 9.14. The fourth-order valence-corrected chi connectivity index (χ4v) is 5.20. The number of carboxylic acid groups (broad SMARTS) is 1. The molecule has 3 N–H and O–H groups in total. The maximum atomic E-state index is 12.7. The summed E-state index contributed by atoms with van der Waals surface area (Å²) in [5, 5.41) is 17.1. The van der Waals surface area contributed by atoms with Crippen molar-refractivity contribution in [2.24, 2.45) is 5.16 Å². The number of rotatable bonds is 7. The van der Waals surface area contributed by atoms with Crippen LogP contribution < -0.4 is 10.6 Å². The van der Waals surface area contributed by atoms with Crippen LogP contribution in [0.4, 0.5) is 18.3 Å². The minimum Gasteiger partial charge on any atom is -0.479 e. The molecule has 2 unspecified atom stereocenters. The van der Waals surface area contributed by atoms with Crippen molar-refractivity contribution in [3.8, 4) is 0 Å². The van der Waals surface area contributed by atoms with Crippen molar-refractivity contribution in [1.82, 2.24) is 15.2 Å². The van der Waals surface area contributed by atoms with Gasteiger partial charge in [-0.3, -0.25) is 19.7 Å². The number of thioether (sulfide) groups is 1. The fraction of sp³-hybridized carbons (Fsp3) is 0.500. The van der Waals surface area contributed by atoms with Gasteiger partial charge in [-0.15, -0.1) is 23.1 Å². The molecule has 0 spiro atoms. The van der Waals surface area contributed by atoms with Crippen LogP contribution >= 0.6 is 23.1 Å². The average Bonchev–Trinajstić information content (AvgIpc) is 3.22. The summed E-state index contributed by atoms with van der Waals surface area (Å²) in [5.41, 5.74) is -2.20. The van der Waals surface area contributed by atoms with E-state index in [2.05, 4.69) is 20.3 Å². The third kappa shape index (κ3) is 4.74. The number of hydrogen-bond acceptors (Lipinski definition) is 10. The van der Waals surface area contributed by atoms with Crippen molar-refractivity contribution in [1.29, 1.82) is 0 Å².